The second-order valence-electron chi connectivity index (χ2n) is 7.56. The van der Waals surface area contributed by atoms with Crippen molar-refractivity contribution < 1.29 is 23.9 Å². The van der Waals surface area contributed by atoms with Crippen molar-refractivity contribution in [1.82, 2.24) is 0 Å². The van der Waals surface area contributed by atoms with Crippen molar-refractivity contribution in [2.45, 2.75) is 20.5 Å². The summed E-state index contributed by atoms with van der Waals surface area (Å²) in [5.41, 5.74) is 1.72. The summed E-state index contributed by atoms with van der Waals surface area (Å²) < 4.78 is 17.6. The molecule has 0 radical (unpaired) electrons. The van der Waals surface area contributed by atoms with Gasteiger partial charge in [-0.25, -0.2) is 0 Å². The molecule has 0 spiro atoms. The Labute approximate surface area is 222 Å². The molecule has 0 aromatic heterocycles. The molecule has 9 nitrogen and oxygen atoms in total. The first-order valence-electron chi connectivity index (χ1n) is 11.3. The van der Waals surface area contributed by atoms with Gasteiger partial charge in [0.15, 0.2) is 11.5 Å². The van der Waals surface area contributed by atoms with Crippen LogP contribution in [0.2, 0.25) is 0 Å². The smallest absolute Gasteiger partial charge is 0.269 e. The Kier molecular flexibility index (Phi) is 9.63. The molecule has 0 bridgehead atoms. The van der Waals surface area contributed by atoms with E-state index < -0.39 is 10.8 Å². The SMILES string of the molecule is CCOc1ccc(NC(=O)/C(C#N)=C\c2cc(Br)c(OCc3ccc([N+](=O)[O-])cc3)c(OCC)c2)cc1. The van der Waals surface area contributed by atoms with E-state index in [1.165, 1.54) is 18.2 Å². The molecule has 0 saturated heterocycles. The highest BCUT2D eigenvalue weighted by Gasteiger charge is 2.15. The third-order valence-electron chi connectivity index (χ3n) is 4.96. The van der Waals surface area contributed by atoms with Crippen LogP contribution in [0.4, 0.5) is 11.4 Å². The first kappa shape index (κ1) is 27.2. The average molecular weight is 566 g/mol. The lowest BCUT2D eigenvalue weighted by atomic mass is 10.1. The highest BCUT2D eigenvalue weighted by Crippen LogP contribution is 2.38. The summed E-state index contributed by atoms with van der Waals surface area (Å²) in [6.45, 7) is 4.75. The monoisotopic (exact) mass is 565 g/mol. The van der Waals surface area contributed by atoms with Crippen molar-refractivity contribution in [2.24, 2.45) is 0 Å². The molecule has 0 atom stereocenters. The second-order valence-corrected chi connectivity index (χ2v) is 8.41. The molecule has 190 valence electrons. The van der Waals surface area contributed by atoms with E-state index in [-0.39, 0.29) is 17.9 Å². The quantitative estimate of drug-likeness (QED) is 0.125. The molecular formula is C27H24BrN3O6. The van der Waals surface area contributed by atoms with Crippen molar-refractivity contribution in [3.8, 4) is 23.3 Å². The van der Waals surface area contributed by atoms with Gasteiger partial charge in [-0.05, 0) is 95.5 Å². The number of rotatable bonds is 11. The number of benzene rings is 3. The molecule has 37 heavy (non-hydrogen) atoms. The number of halogens is 1. The van der Waals surface area contributed by atoms with Crippen LogP contribution < -0.4 is 19.5 Å². The summed E-state index contributed by atoms with van der Waals surface area (Å²) in [5, 5.41) is 23.2. The molecule has 3 aromatic rings. The van der Waals surface area contributed by atoms with Crippen LogP contribution in [-0.4, -0.2) is 24.0 Å². The fraction of sp³-hybridized carbons (Fsp3) is 0.185. The highest BCUT2D eigenvalue weighted by atomic mass is 79.9. The summed E-state index contributed by atoms with van der Waals surface area (Å²) in [6.07, 6.45) is 1.46. The molecule has 0 aliphatic carbocycles. The lowest BCUT2D eigenvalue weighted by Gasteiger charge is -2.15. The van der Waals surface area contributed by atoms with Crippen LogP contribution in [0.25, 0.3) is 6.08 Å². The number of non-ortho nitro benzene ring substituents is 1. The molecule has 0 fully saturated rings. The minimum Gasteiger partial charge on any atom is -0.494 e. The fourth-order valence-corrected chi connectivity index (χ4v) is 3.83. The van der Waals surface area contributed by atoms with Gasteiger partial charge in [-0.1, -0.05) is 0 Å². The van der Waals surface area contributed by atoms with Crippen LogP contribution in [0.1, 0.15) is 25.0 Å². The summed E-state index contributed by atoms with van der Waals surface area (Å²) in [6, 6.07) is 18.2. The summed E-state index contributed by atoms with van der Waals surface area (Å²) in [7, 11) is 0. The van der Waals surface area contributed by atoms with E-state index in [4.69, 9.17) is 14.2 Å². The zero-order valence-electron chi connectivity index (χ0n) is 20.2. The van der Waals surface area contributed by atoms with Crippen molar-refractivity contribution in [1.29, 1.82) is 5.26 Å². The standard InChI is InChI=1S/C27H24BrN3O6/c1-3-35-23-11-7-21(8-12-23)30-27(32)20(16-29)13-19-14-24(28)26(25(15-19)36-4-2)37-17-18-5-9-22(10-6-18)31(33)34/h5-15H,3-4,17H2,1-2H3,(H,30,32)/b20-13-. The van der Waals surface area contributed by atoms with Gasteiger partial charge in [0.2, 0.25) is 0 Å². The molecular weight excluding hydrogens is 542 g/mol. The molecule has 1 amide bonds. The van der Waals surface area contributed by atoms with Crippen molar-refractivity contribution in [3.05, 3.63) is 92.0 Å². The van der Waals surface area contributed by atoms with Crippen LogP contribution in [0.3, 0.4) is 0 Å². The number of nitro benzene ring substituents is 1. The third-order valence-corrected chi connectivity index (χ3v) is 5.55. The number of carbonyl (C=O) groups is 1. The summed E-state index contributed by atoms with van der Waals surface area (Å²) in [5.74, 6) is 0.962. The highest BCUT2D eigenvalue weighted by molar-refractivity contribution is 9.10. The molecule has 3 aromatic carbocycles. The number of ether oxygens (including phenoxy) is 3. The fourth-order valence-electron chi connectivity index (χ4n) is 3.26. The van der Waals surface area contributed by atoms with Crippen LogP contribution in [0.15, 0.2) is 70.7 Å². The Morgan fingerprint density at radius 2 is 1.73 bits per heavy atom. The molecule has 3 rings (SSSR count). The minimum atomic E-state index is -0.556. The van der Waals surface area contributed by atoms with Crippen molar-refractivity contribution >= 4 is 39.3 Å². The number of hydrogen-bond donors (Lipinski definition) is 1. The number of nitro groups is 1. The predicted octanol–water partition coefficient (Wildman–Crippen LogP) is 6.28. The Bertz CT molecular complexity index is 1330. The number of hydrogen-bond acceptors (Lipinski definition) is 7. The number of anilines is 1. The van der Waals surface area contributed by atoms with Gasteiger partial charge in [0.05, 0.1) is 22.6 Å². The lowest BCUT2D eigenvalue weighted by molar-refractivity contribution is -0.384. The topological polar surface area (TPSA) is 124 Å². The van der Waals surface area contributed by atoms with Crippen molar-refractivity contribution in [3.63, 3.8) is 0 Å². The maximum Gasteiger partial charge on any atom is 0.269 e. The van der Waals surface area contributed by atoms with Crippen molar-refractivity contribution in [2.75, 3.05) is 18.5 Å². The zero-order chi connectivity index (χ0) is 26.8. The van der Waals surface area contributed by atoms with E-state index in [1.807, 2.05) is 19.9 Å². The second kappa shape index (κ2) is 13.1. The molecule has 0 saturated carbocycles. The number of amides is 1. The average Bonchev–Trinajstić information content (AvgIpc) is 2.88. The van der Waals surface area contributed by atoms with Crippen LogP contribution >= 0.6 is 15.9 Å². The largest absolute Gasteiger partial charge is 0.494 e. The Balaban J connectivity index is 1.78. The number of nitriles is 1. The van der Waals surface area contributed by atoms with Crippen LogP contribution in [-0.2, 0) is 11.4 Å². The first-order chi connectivity index (χ1) is 17.8. The maximum absolute atomic E-state index is 12.7. The van der Waals surface area contributed by atoms with Gasteiger partial charge < -0.3 is 19.5 Å². The van der Waals surface area contributed by atoms with E-state index >= 15 is 0 Å². The summed E-state index contributed by atoms with van der Waals surface area (Å²) >= 11 is 3.48. The van der Waals surface area contributed by atoms with E-state index in [1.54, 1.807) is 48.5 Å². The van der Waals surface area contributed by atoms with E-state index in [9.17, 15) is 20.2 Å². The van der Waals surface area contributed by atoms with Gasteiger partial charge in [0.25, 0.3) is 11.6 Å². The summed E-state index contributed by atoms with van der Waals surface area (Å²) in [4.78, 5) is 23.1. The van der Waals surface area contributed by atoms with Gasteiger partial charge in [-0.2, -0.15) is 5.26 Å². The lowest BCUT2D eigenvalue weighted by Crippen LogP contribution is -2.13. The van der Waals surface area contributed by atoms with Gasteiger partial charge in [-0.15, -0.1) is 0 Å². The molecule has 0 aliphatic rings. The first-order valence-corrected chi connectivity index (χ1v) is 12.1. The van der Waals surface area contributed by atoms with Crippen LogP contribution in [0, 0.1) is 21.4 Å². The van der Waals surface area contributed by atoms with Gasteiger partial charge in [0, 0.05) is 17.8 Å². The molecule has 10 heteroatoms. The van der Waals surface area contributed by atoms with Gasteiger partial charge >= 0.3 is 0 Å². The number of nitrogens with zero attached hydrogens (tertiary/aromatic N) is 2. The number of nitrogens with one attached hydrogen (secondary N) is 1. The number of carbonyl (C=O) groups excluding carboxylic acids is 1. The molecule has 0 aliphatic heterocycles. The Hall–Kier alpha value is -4.36. The van der Waals surface area contributed by atoms with Gasteiger partial charge in [0.1, 0.15) is 24.0 Å². The van der Waals surface area contributed by atoms with Crippen LogP contribution in [0.5, 0.6) is 17.2 Å². The Morgan fingerprint density at radius 3 is 2.32 bits per heavy atom. The van der Waals surface area contributed by atoms with Gasteiger partial charge in [-0.3, -0.25) is 14.9 Å². The van der Waals surface area contributed by atoms with E-state index in [2.05, 4.69) is 21.2 Å². The molecule has 1 N–H and O–H groups in total. The minimum absolute atomic E-state index is 0.00376. The molecule has 0 heterocycles. The molecule has 0 unspecified atom stereocenters. The third kappa shape index (κ3) is 7.56. The zero-order valence-corrected chi connectivity index (χ0v) is 21.8. The van der Waals surface area contributed by atoms with E-state index in [0.29, 0.717) is 46.2 Å². The Morgan fingerprint density at radius 1 is 1.05 bits per heavy atom. The normalized spacial score (nSPS) is 10.8. The predicted molar refractivity (Wildman–Crippen MR) is 143 cm³/mol. The van der Waals surface area contributed by atoms with E-state index in [0.717, 1.165) is 5.56 Å². The maximum atomic E-state index is 12.7.